The summed E-state index contributed by atoms with van der Waals surface area (Å²) in [6, 6.07) is 9.67. The van der Waals surface area contributed by atoms with Gasteiger partial charge in [-0.05, 0) is 36.6 Å². The summed E-state index contributed by atoms with van der Waals surface area (Å²) in [5.74, 6) is -0.809. The molecule has 3 aromatic rings. The number of amides is 1. The van der Waals surface area contributed by atoms with Gasteiger partial charge in [0.15, 0.2) is 4.34 Å². The molecule has 3 rings (SSSR count). The lowest BCUT2D eigenvalue weighted by Gasteiger charge is -2.25. The summed E-state index contributed by atoms with van der Waals surface area (Å²) in [7, 11) is -4.39. The van der Waals surface area contributed by atoms with Crippen molar-refractivity contribution in [2.75, 3.05) is 22.4 Å². The van der Waals surface area contributed by atoms with Gasteiger partial charge in [0.1, 0.15) is 6.54 Å². The van der Waals surface area contributed by atoms with Gasteiger partial charge in [-0.3, -0.25) is 14.4 Å². The van der Waals surface area contributed by atoms with Crippen molar-refractivity contribution in [1.29, 1.82) is 0 Å². The molecule has 2 aromatic carbocycles. The molecule has 170 valence electrons. The number of carbonyl (C=O) groups is 1. The highest BCUT2D eigenvalue weighted by Gasteiger charge is 2.35. The average molecular weight is 523 g/mol. The van der Waals surface area contributed by atoms with E-state index >= 15 is 0 Å². The van der Waals surface area contributed by atoms with Gasteiger partial charge >= 0.3 is 6.18 Å². The van der Waals surface area contributed by atoms with Crippen molar-refractivity contribution in [2.45, 2.75) is 15.4 Å². The van der Waals surface area contributed by atoms with Gasteiger partial charge in [-0.2, -0.15) is 13.2 Å². The number of sulfonamides is 1. The van der Waals surface area contributed by atoms with E-state index in [1.807, 2.05) is 0 Å². The zero-order valence-electron chi connectivity index (χ0n) is 16.1. The van der Waals surface area contributed by atoms with Crippen molar-refractivity contribution in [1.82, 2.24) is 10.2 Å². The first kappa shape index (κ1) is 24.3. The molecule has 0 radical (unpaired) electrons. The van der Waals surface area contributed by atoms with Gasteiger partial charge in [0, 0.05) is 0 Å². The SMILES string of the molecule is CSc1nnc(NC(=O)CN(c2ccc(Cl)c(C(F)(F)F)c2)S(=O)(=O)c2ccccc2)s1. The number of nitrogens with one attached hydrogen (secondary N) is 1. The Bertz CT molecular complexity index is 1220. The zero-order valence-corrected chi connectivity index (χ0v) is 19.3. The van der Waals surface area contributed by atoms with Crippen LogP contribution in [0, 0.1) is 0 Å². The minimum absolute atomic E-state index is 0.128. The largest absolute Gasteiger partial charge is 0.417 e. The number of rotatable bonds is 7. The third-order valence-electron chi connectivity index (χ3n) is 3.99. The minimum Gasteiger partial charge on any atom is -0.299 e. The second-order valence-corrected chi connectivity index (χ2v) is 10.4. The second kappa shape index (κ2) is 9.65. The average Bonchev–Trinajstić information content (AvgIpc) is 3.19. The Kier molecular flexibility index (Phi) is 7.32. The van der Waals surface area contributed by atoms with Crippen LogP contribution in [0.25, 0.3) is 0 Å². The maximum absolute atomic E-state index is 13.4. The predicted molar refractivity (Wildman–Crippen MR) is 118 cm³/mol. The summed E-state index contributed by atoms with van der Waals surface area (Å²) in [5, 5.41) is 9.53. The van der Waals surface area contributed by atoms with Gasteiger partial charge in [-0.25, -0.2) is 8.42 Å². The summed E-state index contributed by atoms with van der Waals surface area (Å²) in [4.78, 5) is 12.4. The van der Waals surface area contributed by atoms with Crippen molar-refractivity contribution in [3.63, 3.8) is 0 Å². The number of alkyl halides is 3. The Morgan fingerprint density at radius 3 is 2.47 bits per heavy atom. The van der Waals surface area contributed by atoms with E-state index in [9.17, 15) is 26.4 Å². The monoisotopic (exact) mass is 522 g/mol. The smallest absolute Gasteiger partial charge is 0.299 e. The molecule has 14 heteroatoms. The Hall–Kier alpha value is -2.35. The van der Waals surface area contributed by atoms with Crippen LogP contribution < -0.4 is 9.62 Å². The number of nitrogens with zero attached hydrogens (tertiary/aromatic N) is 3. The van der Waals surface area contributed by atoms with Gasteiger partial charge in [-0.1, -0.05) is 52.9 Å². The Labute approximate surface area is 194 Å². The van der Waals surface area contributed by atoms with Crippen molar-refractivity contribution < 1.29 is 26.4 Å². The molecule has 0 aliphatic rings. The summed E-state index contributed by atoms with van der Waals surface area (Å²) < 4.78 is 67.6. The summed E-state index contributed by atoms with van der Waals surface area (Å²) in [5.41, 5.74) is -1.60. The van der Waals surface area contributed by atoms with E-state index in [2.05, 4.69) is 15.5 Å². The van der Waals surface area contributed by atoms with Gasteiger partial charge in [0.2, 0.25) is 11.0 Å². The summed E-state index contributed by atoms with van der Waals surface area (Å²) in [6.07, 6.45) is -3.06. The van der Waals surface area contributed by atoms with Crippen molar-refractivity contribution in [3.05, 3.63) is 59.1 Å². The predicted octanol–water partition coefficient (Wildman–Crippen LogP) is 4.77. The number of anilines is 2. The highest BCUT2D eigenvalue weighted by Crippen LogP contribution is 2.38. The van der Waals surface area contributed by atoms with E-state index in [-0.39, 0.29) is 15.7 Å². The third kappa shape index (κ3) is 5.52. The third-order valence-corrected chi connectivity index (χ3v) is 7.92. The van der Waals surface area contributed by atoms with Crippen molar-refractivity contribution in [3.8, 4) is 0 Å². The van der Waals surface area contributed by atoms with Crippen LogP contribution >= 0.6 is 34.7 Å². The topological polar surface area (TPSA) is 92.3 Å². The number of halogens is 4. The summed E-state index contributed by atoms with van der Waals surface area (Å²) in [6.45, 7) is -0.801. The van der Waals surface area contributed by atoms with Crippen LogP contribution in [0.15, 0.2) is 57.8 Å². The number of benzene rings is 2. The molecule has 0 saturated carbocycles. The van der Waals surface area contributed by atoms with Crippen LogP contribution in [0.4, 0.5) is 24.0 Å². The number of thioether (sulfide) groups is 1. The molecular formula is C18H14ClF3N4O3S3. The lowest BCUT2D eigenvalue weighted by Crippen LogP contribution is -2.38. The van der Waals surface area contributed by atoms with Crippen LogP contribution in [0.1, 0.15) is 5.56 Å². The van der Waals surface area contributed by atoms with Crippen molar-refractivity contribution >= 4 is 61.4 Å². The zero-order chi connectivity index (χ0) is 23.5. The van der Waals surface area contributed by atoms with Gasteiger partial charge < -0.3 is 0 Å². The van der Waals surface area contributed by atoms with Gasteiger partial charge in [0.25, 0.3) is 10.0 Å². The van der Waals surface area contributed by atoms with E-state index < -0.39 is 39.2 Å². The van der Waals surface area contributed by atoms with Gasteiger partial charge in [-0.15, -0.1) is 10.2 Å². The van der Waals surface area contributed by atoms with Crippen molar-refractivity contribution in [2.24, 2.45) is 0 Å². The fourth-order valence-electron chi connectivity index (χ4n) is 2.55. The highest BCUT2D eigenvalue weighted by molar-refractivity contribution is 8.00. The maximum Gasteiger partial charge on any atom is 0.417 e. The molecule has 0 fully saturated rings. The molecule has 0 bridgehead atoms. The molecule has 7 nitrogen and oxygen atoms in total. The fourth-order valence-corrected chi connectivity index (χ4v) is 5.40. The van der Waals surface area contributed by atoms with Gasteiger partial charge in [0.05, 0.1) is 21.2 Å². The molecule has 0 unspecified atom stereocenters. The fraction of sp³-hybridized carbons (Fsp3) is 0.167. The Balaban J connectivity index is 2.01. The number of hydrogen-bond acceptors (Lipinski definition) is 7. The first-order valence-electron chi connectivity index (χ1n) is 8.64. The molecule has 32 heavy (non-hydrogen) atoms. The van der Waals surface area contributed by atoms with E-state index in [1.165, 1.54) is 36.0 Å². The maximum atomic E-state index is 13.4. The molecule has 0 atom stereocenters. The second-order valence-electron chi connectivity index (χ2n) is 6.11. The molecule has 1 heterocycles. The summed E-state index contributed by atoms with van der Waals surface area (Å²) >= 11 is 8.04. The lowest BCUT2D eigenvalue weighted by molar-refractivity contribution is -0.137. The Morgan fingerprint density at radius 1 is 1.19 bits per heavy atom. The molecule has 0 aliphatic carbocycles. The molecule has 0 saturated heterocycles. The quantitative estimate of drug-likeness (QED) is 0.355. The number of aromatic nitrogens is 2. The first-order valence-corrected chi connectivity index (χ1v) is 12.5. The normalized spacial score (nSPS) is 11.9. The number of carbonyl (C=O) groups excluding carboxylic acids is 1. The standard InChI is InChI=1S/C18H14ClF3N4O3S3/c1-30-17-25-24-16(31-17)23-15(27)10-26(32(28,29)12-5-3-2-4-6-12)11-7-8-14(19)13(9-11)18(20,21)22/h2-9H,10H2,1H3,(H,23,24,27). The lowest BCUT2D eigenvalue weighted by atomic mass is 10.2. The number of hydrogen-bond donors (Lipinski definition) is 1. The molecule has 1 aromatic heterocycles. The van der Waals surface area contributed by atoms with E-state index in [1.54, 1.807) is 12.3 Å². The molecule has 1 amide bonds. The molecule has 0 spiro atoms. The van der Waals surface area contributed by atoms with Crippen LogP contribution in [0.2, 0.25) is 5.02 Å². The van der Waals surface area contributed by atoms with Crippen LogP contribution in [-0.4, -0.2) is 37.3 Å². The molecule has 1 N–H and O–H groups in total. The van der Waals surface area contributed by atoms with Crippen LogP contribution in [0.3, 0.4) is 0 Å². The first-order chi connectivity index (χ1) is 15.0. The Morgan fingerprint density at radius 2 is 1.88 bits per heavy atom. The molecular weight excluding hydrogens is 509 g/mol. The molecule has 0 aliphatic heterocycles. The van der Waals surface area contributed by atoms with E-state index in [0.29, 0.717) is 14.7 Å². The van der Waals surface area contributed by atoms with E-state index in [4.69, 9.17) is 11.6 Å². The minimum atomic E-state index is -4.82. The van der Waals surface area contributed by atoms with E-state index in [0.717, 1.165) is 23.5 Å². The van der Waals surface area contributed by atoms with Crippen LogP contribution in [-0.2, 0) is 21.0 Å². The highest BCUT2D eigenvalue weighted by atomic mass is 35.5. The van der Waals surface area contributed by atoms with Crippen LogP contribution in [0.5, 0.6) is 0 Å².